The monoisotopic (exact) mass is 330 g/mol. The fourth-order valence-electron chi connectivity index (χ4n) is 1.86. The van der Waals surface area contributed by atoms with Crippen molar-refractivity contribution in [2.24, 2.45) is 0 Å². The maximum Gasteiger partial charge on any atom is 0.310 e. The molecule has 0 aromatic heterocycles. The topological polar surface area (TPSA) is 64.8 Å². The summed E-state index contributed by atoms with van der Waals surface area (Å²) in [6.07, 6.45) is 0. The Bertz CT molecular complexity index is 449. The Hall–Kier alpha value is -1.18. The Morgan fingerprint density at radius 2 is 2.16 bits per heavy atom. The number of hydrogen-bond donors (Lipinski definition) is 0. The van der Waals surface area contributed by atoms with Gasteiger partial charge in [0.05, 0.1) is 18.1 Å². The fraction of sp³-hybridized carbons (Fsp3) is 0.500. The van der Waals surface area contributed by atoms with Crippen LogP contribution < -0.4 is 4.74 Å². The zero-order chi connectivity index (χ0) is 13.7. The highest BCUT2D eigenvalue weighted by molar-refractivity contribution is 9.10. The van der Waals surface area contributed by atoms with Gasteiger partial charge in [0, 0.05) is 36.2 Å². The highest BCUT2D eigenvalue weighted by Crippen LogP contribution is 2.29. The van der Waals surface area contributed by atoms with Gasteiger partial charge in [0.25, 0.3) is 0 Å². The number of ether oxygens (including phenoxy) is 2. The van der Waals surface area contributed by atoms with E-state index >= 15 is 0 Å². The maximum absolute atomic E-state index is 10.9. The minimum absolute atomic E-state index is 0.00909. The fourth-order valence-corrected chi connectivity index (χ4v) is 2.20. The summed E-state index contributed by atoms with van der Waals surface area (Å²) < 4.78 is 11.5. The van der Waals surface area contributed by atoms with Crippen LogP contribution >= 0.6 is 15.9 Å². The lowest BCUT2D eigenvalue weighted by Crippen LogP contribution is -2.38. The lowest BCUT2D eigenvalue weighted by atomic mass is 10.3. The summed E-state index contributed by atoms with van der Waals surface area (Å²) in [6.45, 7) is 4.40. The summed E-state index contributed by atoms with van der Waals surface area (Å²) in [7, 11) is 0. The molecule has 0 spiro atoms. The molecule has 104 valence electrons. The quantitative estimate of drug-likeness (QED) is 0.610. The Labute approximate surface area is 119 Å². The van der Waals surface area contributed by atoms with Gasteiger partial charge in [0.1, 0.15) is 6.61 Å². The molecule has 1 saturated heterocycles. The third-order valence-electron chi connectivity index (χ3n) is 2.89. The third-order valence-corrected chi connectivity index (χ3v) is 3.38. The molecule has 1 aromatic carbocycles. The van der Waals surface area contributed by atoms with E-state index in [2.05, 4.69) is 20.8 Å². The maximum atomic E-state index is 10.9. The predicted molar refractivity (Wildman–Crippen MR) is 73.6 cm³/mol. The van der Waals surface area contributed by atoms with Gasteiger partial charge < -0.3 is 9.47 Å². The van der Waals surface area contributed by atoms with Gasteiger partial charge in [0.2, 0.25) is 0 Å². The van der Waals surface area contributed by atoms with Crippen molar-refractivity contribution in [2.75, 3.05) is 39.5 Å². The molecule has 19 heavy (non-hydrogen) atoms. The van der Waals surface area contributed by atoms with E-state index in [1.54, 1.807) is 12.1 Å². The average Bonchev–Trinajstić information content (AvgIpc) is 2.39. The Kier molecular flexibility index (Phi) is 5.12. The van der Waals surface area contributed by atoms with Crippen LogP contribution in [-0.2, 0) is 4.74 Å². The van der Waals surface area contributed by atoms with Gasteiger partial charge in [-0.05, 0) is 6.07 Å². The lowest BCUT2D eigenvalue weighted by molar-refractivity contribution is -0.385. The van der Waals surface area contributed by atoms with Gasteiger partial charge in [-0.25, -0.2) is 0 Å². The van der Waals surface area contributed by atoms with Crippen LogP contribution in [0.2, 0.25) is 0 Å². The molecule has 0 radical (unpaired) electrons. The van der Waals surface area contributed by atoms with Gasteiger partial charge >= 0.3 is 5.69 Å². The summed E-state index contributed by atoms with van der Waals surface area (Å²) in [5.74, 6) is 0.299. The molecule has 0 bridgehead atoms. The Balaban J connectivity index is 1.91. The lowest BCUT2D eigenvalue weighted by Gasteiger charge is -2.26. The second kappa shape index (κ2) is 6.83. The van der Waals surface area contributed by atoms with E-state index in [-0.39, 0.29) is 5.69 Å². The van der Waals surface area contributed by atoms with Crippen LogP contribution in [0.15, 0.2) is 22.7 Å². The number of halogens is 1. The smallest absolute Gasteiger partial charge is 0.310 e. The SMILES string of the molecule is O=[N+]([O-])c1ccc(Br)cc1OCCN1CCOCC1. The molecule has 0 atom stereocenters. The normalized spacial score (nSPS) is 16.3. The summed E-state index contributed by atoms with van der Waals surface area (Å²) in [5.41, 5.74) is -0.00909. The molecule has 0 saturated carbocycles. The van der Waals surface area contributed by atoms with Crippen LogP contribution in [0.4, 0.5) is 5.69 Å². The van der Waals surface area contributed by atoms with Crippen molar-refractivity contribution in [2.45, 2.75) is 0 Å². The summed E-state index contributed by atoms with van der Waals surface area (Å²) >= 11 is 3.28. The predicted octanol–water partition coefficient (Wildman–Crippen LogP) is 2.07. The number of rotatable bonds is 5. The molecule has 1 heterocycles. The van der Waals surface area contributed by atoms with Crippen molar-refractivity contribution in [1.82, 2.24) is 4.90 Å². The third kappa shape index (κ3) is 4.15. The van der Waals surface area contributed by atoms with E-state index in [0.717, 1.165) is 37.3 Å². The van der Waals surface area contributed by atoms with E-state index in [0.29, 0.717) is 12.4 Å². The van der Waals surface area contributed by atoms with E-state index in [9.17, 15) is 10.1 Å². The van der Waals surface area contributed by atoms with Crippen LogP contribution in [0.5, 0.6) is 5.75 Å². The van der Waals surface area contributed by atoms with Crippen LogP contribution in [0.25, 0.3) is 0 Å². The van der Waals surface area contributed by atoms with Crippen LogP contribution in [-0.4, -0.2) is 49.3 Å². The molecular weight excluding hydrogens is 316 g/mol. The van der Waals surface area contributed by atoms with Gasteiger partial charge in [-0.3, -0.25) is 15.0 Å². The Morgan fingerprint density at radius 1 is 1.42 bits per heavy atom. The van der Waals surface area contributed by atoms with Gasteiger partial charge in [-0.15, -0.1) is 0 Å². The van der Waals surface area contributed by atoms with Crippen molar-refractivity contribution < 1.29 is 14.4 Å². The van der Waals surface area contributed by atoms with Crippen LogP contribution in [0.1, 0.15) is 0 Å². The van der Waals surface area contributed by atoms with E-state index in [1.165, 1.54) is 6.07 Å². The number of hydrogen-bond acceptors (Lipinski definition) is 5. The van der Waals surface area contributed by atoms with Crippen molar-refractivity contribution in [3.8, 4) is 5.75 Å². The van der Waals surface area contributed by atoms with Gasteiger partial charge in [-0.1, -0.05) is 15.9 Å². The second-order valence-corrected chi connectivity index (χ2v) is 5.09. The van der Waals surface area contributed by atoms with Gasteiger partial charge in [-0.2, -0.15) is 0 Å². The molecule has 0 unspecified atom stereocenters. The zero-order valence-corrected chi connectivity index (χ0v) is 12.0. The molecule has 0 aliphatic carbocycles. The largest absolute Gasteiger partial charge is 0.485 e. The van der Waals surface area contributed by atoms with Crippen molar-refractivity contribution in [1.29, 1.82) is 0 Å². The standard InChI is InChI=1S/C12H15BrN2O4/c13-10-1-2-11(15(16)17)12(9-10)19-8-5-14-3-6-18-7-4-14/h1-2,9H,3-8H2. The number of nitrogens with zero attached hydrogens (tertiary/aromatic N) is 2. The molecule has 1 aliphatic rings. The molecule has 1 fully saturated rings. The number of benzene rings is 1. The first-order valence-corrected chi connectivity index (χ1v) is 6.83. The van der Waals surface area contributed by atoms with Crippen molar-refractivity contribution >= 4 is 21.6 Å². The second-order valence-electron chi connectivity index (χ2n) is 4.17. The highest BCUT2D eigenvalue weighted by atomic mass is 79.9. The molecule has 7 heteroatoms. The van der Waals surface area contributed by atoms with Crippen molar-refractivity contribution in [3.05, 3.63) is 32.8 Å². The first-order valence-electron chi connectivity index (χ1n) is 6.03. The zero-order valence-electron chi connectivity index (χ0n) is 10.4. The molecular formula is C12H15BrN2O4. The summed E-state index contributed by atoms with van der Waals surface area (Å²) in [6, 6.07) is 4.69. The van der Waals surface area contributed by atoms with E-state index in [1.807, 2.05) is 0 Å². The number of morpholine rings is 1. The Morgan fingerprint density at radius 3 is 2.84 bits per heavy atom. The molecule has 6 nitrogen and oxygen atoms in total. The number of nitro benzene ring substituents is 1. The van der Waals surface area contributed by atoms with E-state index in [4.69, 9.17) is 9.47 Å². The molecule has 1 aromatic rings. The average molecular weight is 331 g/mol. The minimum Gasteiger partial charge on any atom is -0.485 e. The first-order chi connectivity index (χ1) is 9.16. The first kappa shape index (κ1) is 14.2. The summed E-state index contributed by atoms with van der Waals surface area (Å²) in [4.78, 5) is 12.7. The highest BCUT2D eigenvalue weighted by Gasteiger charge is 2.16. The summed E-state index contributed by atoms with van der Waals surface area (Å²) in [5, 5.41) is 10.9. The molecule has 0 N–H and O–H groups in total. The van der Waals surface area contributed by atoms with Crippen LogP contribution in [0.3, 0.4) is 0 Å². The van der Waals surface area contributed by atoms with E-state index < -0.39 is 4.92 Å². The molecule has 0 amide bonds. The van der Waals surface area contributed by atoms with Gasteiger partial charge in [0.15, 0.2) is 5.75 Å². The minimum atomic E-state index is -0.434. The molecule has 2 rings (SSSR count). The van der Waals surface area contributed by atoms with Crippen LogP contribution in [0, 0.1) is 10.1 Å². The number of nitro groups is 1. The molecule has 1 aliphatic heterocycles. The van der Waals surface area contributed by atoms with Crippen molar-refractivity contribution in [3.63, 3.8) is 0 Å².